The van der Waals surface area contributed by atoms with Gasteiger partial charge < -0.3 is 4.57 Å². The third kappa shape index (κ3) is 1.72. The van der Waals surface area contributed by atoms with Gasteiger partial charge in [0.2, 0.25) is 0 Å². The Morgan fingerprint density at radius 3 is 2.70 bits per heavy atom. The summed E-state index contributed by atoms with van der Waals surface area (Å²) in [5.74, 6) is 2.34. The molecule has 98 valence electrons. The number of pyridine rings is 1. The molecule has 0 fully saturated rings. The van der Waals surface area contributed by atoms with Crippen molar-refractivity contribution in [1.29, 1.82) is 0 Å². The Labute approximate surface area is 117 Å². The molecule has 1 aromatic carbocycles. The molecule has 3 heterocycles. The van der Waals surface area contributed by atoms with Crippen LogP contribution in [0, 0.1) is 0 Å². The van der Waals surface area contributed by atoms with Crippen molar-refractivity contribution in [1.82, 2.24) is 19.7 Å². The first kappa shape index (κ1) is 11.3. The van der Waals surface area contributed by atoms with Gasteiger partial charge in [-0.15, -0.1) is 10.2 Å². The van der Waals surface area contributed by atoms with E-state index in [1.54, 1.807) is 6.20 Å². The van der Waals surface area contributed by atoms with Crippen molar-refractivity contribution in [2.75, 3.05) is 0 Å². The van der Waals surface area contributed by atoms with Gasteiger partial charge in [-0.2, -0.15) is 0 Å². The van der Waals surface area contributed by atoms with Crippen LogP contribution in [0.2, 0.25) is 0 Å². The lowest BCUT2D eigenvalue weighted by molar-refractivity contribution is 0.713. The third-order valence-electron chi connectivity index (χ3n) is 3.85. The fraction of sp³-hybridized carbons (Fsp3) is 0.188. The zero-order chi connectivity index (χ0) is 13.4. The molecule has 0 saturated heterocycles. The maximum atomic E-state index is 4.42. The molecular formula is C16H14N4. The zero-order valence-corrected chi connectivity index (χ0v) is 11.0. The summed E-state index contributed by atoms with van der Waals surface area (Å²) in [6.45, 7) is 0.964. The van der Waals surface area contributed by atoms with Gasteiger partial charge in [-0.1, -0.05) is 30.3 Å². The molecule has 0 saturated carbocycles. The Morgan fingerprint density at radius 1 is 1.00 bits per heavy atom. The van der Waals surface area contributed by atoms with E-state index in [-0.39, 0.29) is 0 Å². The van der Waals surface area contributed by atoms with E-state index in [9.17, 15) is 0 Å². The SMILES string of the molecule is c1ccc(C2CCn3c(-c4cccnc4)nnc32)cc1. The van der Waals surface area contributed by atoms with Crippen LogP contribution in [-0.2, 0) is 6.54 Å². The average Bonchev–Trinajstić information content (AvgIpc) is 3.10. The fourth-order valence-electron chi connectivity index (χ4n) is 2.89. The largest absolute Gasteiger partial charge is 0.310 e. The van der Waals surface area contributed by atoms with Crippen molar-refractivity contribution >= 4 is 0 Å². The molecule has 4 nitrogen and oxygen atoms in total. The van der Waals surface area contributed by atoms with Crippen molar-refractivity contribution < 1.29 is 0 Å². The van der Waals surface area contributed by atoms with Crippen molar-refractivity contribution in [3.05, 3.63) is 66.2 Å². The molecule has 0 spiro atoms. The second kappa shape index (κ2) is 4.56. The molecule has 4 heteroatoms. The maximum absolute atomic E-state index is 4.42. The number of hydrogen-bond donors (Lipinski definition) is 0. The number of nitrogens with zero attached hydrogens (tertiary/aromatic N) is 4. The monoisotopic (exact) mass is 262 g/mol. The smallest absolute Gasteiger partial charge is 0.165 e. The lowest BCUT2D eigenvalue weighted by Crippen LogP contribution is -1.98. The predicted octanol–water partition coefficient (Wildman–Crippen LogP) is 2.88. The molecule has 0 amide bonds. The van der Waals surface area contributed by atoms with Gasteiger partial charge in [0, 0.05) is 30.4 Å². The maximum Gasteiger partial charge on any atom is 0.165 e. The van der Waals surface area contributed by atoms with E-state index >= 15 is 0 Å². The minimum atomic E-state index is 0.356. The Kier molecular flexibility index (Phi) is 2.59. The number of fused-ring (bicyclic) bond motifs is 1. The summed E-state index contributed by atoms with van der Waals surface area (Å²) in [6.07, 6.45) is 4.70. The van der Waals surface area contributed by atoms with E-state index in [4.69, 9.17) is 0 Å². The van der Waals surface area contributed by atoms with Gasteiger partial charge in [0.25, 0.3) is 0 Å². The van der Waals surface area contributed by atoms with Gasteiger partial charge >= 0.3 is 0 Å². The molecular weight excluding hydrogens is 248 g/mol. The molecule has 1 aliphatic heterocycles. The Bertz CT molecular complexity index is 719. The minimum Gasteiger partial charge on any atom is -0.310 e. The van der Waals surface area contributed by atoms with E-state index in [2.05, 4.69) is 44.0 Å². The summed E-state index contributed by atoms with van der Waals surface area (Å²) >= 11 is 0. The normalized spacial score (nSPS) is 17.1. The highest BCUT2D eigenvalue weighted by Gasteiger charge is 2.29. The van der Waals surface area contributed by atoms with Crippen molar-refractivity contribution in [2.45, 2.75) is 18.9 Å². The molecule has 0 radical (unpaired) electrons. The van der Waals surface area contributed by atoms with Crippen LogP contribution in [0.1, 0.15) is 23.7 Å². The van der Waals surface area contributed by atoms with E-state index in [1.165, 1.54) is 5.56 Å². The zero-order valence-electron chi connectivity index (χ0n) is 11.0. The first-order valence-corrected chi connectivity index (χ1v) is 6.82. The van der Waals surface area contributed by atoms with Gasteiger partial charge in [0.1, 0.15) is 5.82 Å². The number of benzene rings is 1. The minimum absolute atomic E-state index is 0.356. The average molecular weight is 262 g/mol. The standard InChI is InChI=1S/C16H14N4/c1-2-5-12(6-3-1)14-8-10-20-15(18-19-16(14)20)13-7-4-9-17-11-13/h1-7,9,11,14H,8,10H2. The molecule has 4 rings (SSSR count). The molecule has 0 bridgehead atoms. The number of rotatable bonds is 2. The summed E-state index contributed by atoms with van der Waals surface area (Å²) in [6, 6.07) is 14.5. The van der Waals surface area contributed by atoms with E-state index in [0.29, 0.717) is 5.92 Å². The summed E-state index contributed by atoms with van der Waals surface area (Å²) in [4.78, 5) is 4.16. The highest BCUT2D eigenvalue weighted by molar-refractivity contribution is 5.54. The van der Waals surface area contributed by atoms with Crippen molar-refractivity contribution in [2.24, 2.45) is 0 Å². The lowest BCUT2D eigenvalue weighted by Gasteiger charge is -2.06. The highest BCUT2D eigenvalue weighted by atomic mass is 15.3. The van der Waals surface area contributed by atoms with Crippen LogP contribution in [0.5, 0.6) is 0 Å². The Balaban J connectivity index is 1.77. The highest BCUT2D eigenvalue weighted by Crippen LogP contribution is 2.35. The molecule has 1 unspecified atom stereocenters. The Morgan fingerprint density at radius 2 is 1.90 bits per heavy atom. The van der Waals surface area contributed by atoms with Crippen LogP contribution >= 0.6 is 0 Å². The Hall–Kier alpha value is -2.49. The van der Waals surface area contributed by atoms with E-state index < -0.39 is 0 Å². The lowest BCUT2D eigenvalue weighted by atomic mass is 9.98. The first-order chi connectivity index (χ1) is 9.93. The van der Waals surface area contributed by atoms with Crippen LogP contribution < -0.4 is 0 Å². The summed E-state index contributed by atoms with van der Waals surface area (Å²) in [7, 11) is 0. The van der Waals surface area contributed by atoms with Gasteiger partial charge in [-0.25, -0.2) is 0 Å². The van der Waals surface area contributed by atoms with Crippen molar-refractivity contribution in [3.63, 3.8) is 0 Å². The van der Waals surface area contributed by atoms with Crippen LogP contribution in [-0.4, -0.2) is 19.7 Å². The second-order valence-electron chi connectivity index (χ2n) is 5.03. The number of aromatic nitrogens is 4. The van der Waals surface area contributed by atoms with Crippen LogP contribution in [0.3, 0.4) is 0 Å². The first-order valence-electron chi connectivity index (χ1n) is 6.82. The molecule has 0 aliphatic carbocycles. The van der Waals surface area contributed by atoms with Gasteiger partial charge in [0.05, 0.1) is 0 Å². The quantitative estimate of drug-likeness (QED) is 0.713. The molecule has 0 N–H and O–H groups in total. The van der Waals surface area contributed by atoms with E-state index in [1.807, 2.05) is 24.4 Å². The summed E-state index contributed by atoms with van der Waals surface area (Å²) in [5, 5.41) is 8.77. The topological polar surface area (TPSA) is 43.6 Å². The second-order valence-corrected chi connectivity index (χ2v) is 5.03. The molecule has 2 aromatic heterocycles. The number of hydrogen-bond acceptors (Lipinski definition) is 3. The summed E-state index contributed by atoms with van der Waals surface area (Å²) in [5.41, 5.74) is 2.34. The fourth-order valence-corrected chi connectivity index (χ4v) is 2.89. The molecule has 1 aliphatic rings. The van der Waals surface area contributed by atoms with Gasteiger partial charge in [-0.3, -0.25) is 4.98 Å². The van der Waals surface area contributed by atoms with Gasteiger partial charge in [0.15, 0.2) is 5.82 Å². The van der Waals surface area contributed by atoms with Crippen LogP contribution in [0.4, 0.5) is 0 Å². The predicted molar refractivity (Wildman–Crippen MR) is 76.2 cm³/mol. The molecule has 20 heavy (non-hydrogen) atoms. The molecule has 3 aromatic rings. The third-order valence-corrected chi connectivity index (χ3v) is 3.85. The van der Waals surface area contributed by atoms with Crippen molar-refractivity contribution in [3.8, 4) is 11.4 Å². The van der Waals surface area contributed by atoms with Crippen LogP contribution in [0.25, 0.3) is 11.4 Å². The van der Waals surface area contributed by atoms with E-state index in [0.717, 1.165) is 30.2 Å². The molecule has 1 atom stereocenters. The van der Waals surface area contributed by atoms with Gasteiger partial charge in [-0.05, 0) is 24.1 Å². The summed E-state index contributed by atoms with van der Waals surface area (Å²) < 4.78 is 2.22. The van der Waals surface area contributed by atoms with Crippen LogP contribution in [0.15, 0.2) is 54.9 Å².